The van der Waals surface area contributed by atoms with E-state index in [0.29, 0.717) is 29.2 Å². The molecule has 5 amide bonds. The molecule has 0 bridgehead atoms. The van der Waals surface area contributed by atoms with Gasteiger partial charge in [-0.15, -0.1) is 11.8 Å². The largest absolute Gasteiger partial charge is 0.371 e. The van der Waals surface area contributed by atoms with Crippen molar-refractivity contribution in [1.29, 1.82) is 5.26 Å². The van der Waals surface area contributed by atoms with E-state index < -0.39 is 35.1 Å². The number of fused-ring (bicyclic) bond motifs is 5. The maximum Gasteiger partial charge on any atom is 0.263 e. The lowest BCUT2D eigenvalue weighted by Gasteiger charge is -2.44. The van der Waals surface area contributed by atoms with Gasteiger partial charge >= 0.3 is 0 Å². The second-order valence-corrected chi connectivity index (χ2v) is 20.2. The molecule has 5 aliphatic rings. The van der Waals surface area contributed by atoms with Crippen molar-refractivity contribution in [3.63, 3.8) is 0 Å². The molecule has 344 valence electrons. The summed E-state index contributed by atoms with van der Waals surface area (Å²) in [6.07, 6.45) is 9.81. The average molecular weight is 910 g/mol. The Kier molecular flexibility index (Phi) is 13.0. The number of piperidine rings is 2. The highest BCUT2D eigenvalue weighted by atomic mass is 32.2. The molecule has 0 spiro atoms. The third-order valence-electron chi connectivity index (χ3n) is 14.8. The number of carbonyl (C=O) groups is 6. The zero-order valence-electron chi connectivity index (χ0n) is 38.3. The molecule has 1 unspecified atom stereocenters. The molecule has 0 radical (unpaired) electrons. The Morgan fingerprint density at radius 1 is 0.833 bits per heavy atom. The molecule has 1 atom stereocenters. The molecule has 14 heteroatoms. The predicted octanol–water partition coefficient (Wildman–Crippen LogP) is 7.51. The van der Waals surface area contributed by atoms with Crippen LogP contribution in [0.2, 0.25) is 0 Å². The fraction of sp³-hybridized carbons (Fsp3) is 0.481. The number of hydrogen-bond donors (Lipinski definition) is 2. The molecule has 4 aliphatic heterocycles. The number of nitrogens with one attached hydrogen (secondary N) is 2. The van der Waals surface area contributed by atoms with Crippen LogP contribution in [0.5, 0.6) is 0 Å². The summed E-state index contributed by atoms with van der Waals surface area (Å²) >= 11 is 1.56. The highest BCUT2D eigenvalue weighted by molar-refractivity contribution is 7.99. The lowest BCUT2D eigenvalue weighted by Crippen LogP contribution is -2.54. The summed E-state index contributed by atoms with van der Waals surface area (Å²) in [5, 5.41) is 12.6. The number of thioether (sulfide) groups is 1. The van der Waals surface area contributed by atoms with E-state index in [0.717, 1.165) is 146 Å². The van der Waals surface area contributed by atoms with E-state index >= 15 is 0 Å². The van der Waals surface area contributed by atoms with Crippen molar-refractivity contribution in [3.8, 4) is 6.07 Å². The third kappa shape index (κ3) is 8.45. The number of piperazine rings is 1. The zero-order chi connectivity index (χ0) is 46.3. The Morgan fingerprint density at radius 2 is 1.58 bits per heavy atom. The van der Waals surface area contributed by atoms with E-state index in [9.17, 15) is 34.0 Å². The van der Waals surface area contributed by atoms with Gasteiger partial charge in [0.2, 0.25) is 17.7 Å². The van der Waals surface area contributed by atoms with Crippen LogP contribution in [0.25, 0.3) is 10.9 Å². The first-order chi connectivity index (χ1) is 31.9. The molecule has 9 rings (SSSR count). The van der Waals surface area contributed by atoms with Gasteiger partial charge in [-0.3, -0.25) is 43.9 Å². The van der Waals surface area contributed by atoms with Crippen molar-refractivity contribution < 1.29 is 28.8 Å². The van der Waals surface area contributed by atoms with E-state index in [1.807, 2.05) is 18.2 Å². The number of imide groups is 2. The standard InChI is InChI=1S/C52H59N7O6S/c1-4-33-29-37-38(52(2,3)48-46(47(37)62)35-16-15-32(31-53)28-39(35)54-48)30-41(33)57-21-19-34(20-22-57)56-23-25-58(26-24-56)44(61)14-9-7-5-6-8-10-27-66-42-13-11-12-36-45(42)51(65)59(50(36)64)40-17-18-43(60)55-49(40)63/h11-13,15-16,28-30,34,40,54H,4-10,14,17-27H2,1-3H3,(H,55,60,63). The molecule has 66 heavy (non-hydrogen) atoms. The summed E-state index contributed by atoms with van der Waals surface area (Å²) in [7, 11) is 0. The van der Waals surface area contributed by atoms with Gasteiger partial charge in [-0.25, -0.2) is 0 Å². The Bertz CT molecular complexity index is 2670. The number of H-pyrrole nitrogens is 1. The van der Waals surface area contributed by atoms with Crippen LogP contribution in [0.15, 0.2) is 53.4 Å². The van der Waals surface area contributed by atoms with Crippen LogP contribution in [-0.2, 0) is 26.2 Å². The van der Waals surface area contributed by atoms with Gasteiger partial charge in [0.15, 0.2) is 5.78 Å². The first-order valence-corrected chi connectivity index (χ1v) is 24.9. The lowest BCUT2D eigenvalue weighted by molar-refractivity contribution is -0.136. The van der Waals surface area contributed by atoms with Crippen LogP contribution < -0.4 is 10.2 Å². The number of amides is 5. The monoisotopic (exact) mass is 909 g/mol. The fourth-order valence-corrected chi connectivity index (χ4v) is 12.1. The Labute approximate surface area is 390 Å². The summed E-state index contributed by atoms with van der Waals surface area (Å²) < 4.78 is 0. The number of aromatic nitrogens is 1. The minimum atomic E-state index is -0.970. The normalized spacial score (nSPS) is 19.8. The number of nitriles is 1. The molecule has 3 saturated heterocycles. The smallest absolute Gasteiger partial charge is 0.263 e. The summed E-state index contributed by atoms with van der Waals surface area (Å²) in [5.41, 5.74) is 7.52. The van der Waals surface area contributed by atoms with E-state index in [-0.39, 0.29) is 24.5 Å². The number of anilines is 1. The van der Waals surface area contributed by atoms with Gasteiger partial charge in [0.05, 0.1) is 28.3 Å². The lowest BCUT2D eigenvalue weighted by atomic mass is 9.70. The quantitative estimate of drug-likeness (QED) is 0.0735. The summed E-state index contributed by atoms with van der Waals surface area (Å²) in [4.78, 5) is 90.4. The number of benzene rings is 3. The third-order valence-corrected chi connectivity index (χ3v) is 15.9. The Balaban J connectivity index is 0.684. The van der Waals surface area contributed by atoms with Crippen molar-refractivity contribution >= 4 is 63.7 Å². The molecule has 3 aromatic carbocycles. The van der Waals surface area contributed by atoms with Gasteiger partial charge in [0, 0.05) is 96.3 Å². The molecule has 0 saturated carbocycles. The topological polar surface area (TPSA) is 167 Å². The van der Waals surface area contributed by atoms with Crippen molar-refractivity contribution in [2.45, 2.75) is 120 Å². The summed E-state index contributed by atoms with van der Waals surface area (Å²) in [6, 6.07) is 16.9. The molecule has 5 heterocycles. The molecular formula is C52H59N7O6S. The number of rotatable bonds is 14. The minimum Gasteiger partial charge on any atom is -0.371 e. The maximum absolute atomic E-state index is 14.1. The van der Waals surface area contributed by atoms with Crippen molar-refractivity contribution in [2.75, 3.05) is 49.9 Å². The van der Waals surface area contributed by atoms with Crippen LogP contribution >= 0.6 is 11.8 Å². The SMILES string of the molecule is CCc1cc2c(cc1N1CCC(N3CCN(C(=O)CCCCCCCCSc4cccc5c4C(=O)N(C4CCC(=O)NC4=O)C5=O)CC3)CC1)C(C)(C)c1[nH]c3cc(C#N)ccc3c1C2=O. The number of unbranched alkanes of at least 4 members (excludes halogenated alkanes) is 5. The van der Waals surface area contributed by atoms with E-state index in [4.69, 9.17) is 0 Å². The number of aromatic amines is 1. The highest BCUT2D eigenvalue weighted by Crippen LogP contribution is 2.46. The highest BCUT2D eigenvalue weighted by Gasteiger charge is 2.46. The molecule has 1 aliphatic carbocycles. The van der Waals surface area contributed by atoms with Crippen LogP contribution in [0.3, 0.4) is 0 Å². The van der Waals surface area contributed by atoms with Crippen LogP contribution in [0.1, 0.15) is 150 Å². The number of aryl methyl sites for hydroxylation is 1. The van der Waals surface area contributed by atoms with Gasteiger partial charge in [0.1, 0.15) is 6.04 Å². The predicted molar refractivity (Wildman–Crippen MR) is 254 cm³/mol. The zero-order valence-corrected chi connectivity index (χ0v) is 39.1. The molecule has 13 nitrogen and oxygen atoms in total. The summed E-state index contributed by atoms with van der Waals surface area (Å²) in [5.74, 6) is -0.839. The second kappa shape index (κ2) is 18.8. The number of ketones is 1. The second-order valence-electron chi connectivity index (χ2n) is 19.1. The van der Waals surface area contributed by atoms with Gasteiger partial charge in [-0.2, -0.15) is 5.26 Å². The van der Waals surface area contributed by atoms with Crippen LogP contribution in [0.4, 0.5) is 5.69 Å². The van der Waals surface area contributed by atoms with Gasteiger partial charge < -0.3 is 14.8 Å². The molecule has 1 aromatic heterocycles. The van der Waals surface area contributed by atoms with Crippen LogP contribution in [0, 0.1) is 11.3 Å². The minimum absolute atomic E-state index is 0.0473. The van der Waals surface area contributed by atoms with E-state index in [1.54, 1.807) is 30.0 Å². The Morgan fingerprint density at radius 3 is 2.30 bits per heavy atom. The first kappa shape index (κ1) is 45.4. The van der Waals surface area contributed by atoms with Gasteiger partial charge in [-0.1, -0.05) is 58.6 Å². The van der Waals surface area contributed by atoms with Gasteiger partial charge in [-0.05, 0) is 91.8 Å². The van der Waals surface area contributed by atoms with Crippen molar-refractivity contribution in [1.82, 2.24) is 25.0 Å². The number of nitrogens with zero attached hydrogens (tertiary/aromatic N) is 5. The average Bonchev–Trinajstić information content (AvgIpc) is 3.84. The van der Waals surface area contributed by atoms with E-state index in [2.05, 4.69) is 64.0 Å². The van der Waals surface area contributed by atoms with Crippen LogP contribution in [-0.4, -0.2) is 112 Å². The Hall–Kier alpha value is -5.78. The maximum atomic E-state index is 14.1. The van der Waals surface area contributed by atoms with E-state index in [1.165, 1.54) is 11.3 Å². The van der Waals surface area contributed by atoms with Gasteiger partial charge in [0.25, 0.3) is 11.8 Å². The van der Waals surface area contributed by atoms with Crippen molar-refractivity contribution in [3.05, 3.63) is 93.2 Å². The molecular weight excluding hydrogens is 851 g/mol. The number of carbonyl (C=O) groups excluding carboxylic acids is 6. The number of hydrogen-bond acceptors (Lipinski definition) is 10. The molecule has 3 fully saturated rings. The summed E-state index contributed by atoms with van der Waals surface area (Å²) in [6.45, 7) is 11.8. The van der Waals surface area contributed by atoms with Crippen molar-refractivity contribution in [2.24, 2.45) is 0 Å². The fourth-order valence-electron chi connectivity index (χ4n) is 11.0. The molecule has 2 N–H and O–H groups in total. The first-order valence-electron chi connectivity index (χ1n) is 23.9. The molecule has 4 aromatic rings.